The first-order valence-electron chi connectivity index (χ1n) is 10.3. The minimum absolute atomic E-state index is 0.00708. The number of rotatable bonds is 5. The average Bonchev–Trinajstić information content (AvgIpc) is 3.29. The lowest BCUT2D eigenvalue weighted by Gasteiger charge is -2.38. The first kappa shape index (κ1) is 20.5. The monoisotopic (exact) mass is 450 g/mol. The number of halogens is 1. The van der Waals surface area contributed by atoms with Crippen molar-refractivity contribution in [2.24, 2.45) is 5.10 Å². The molecule has 3 aromatic carbocycles. The molecule has 2 aliphatic rings. The van der Waals surface area contributed by atoms with Crippen LogP contribution in [0.4, 0.5) is 0 Å². The topological polar surface area (TPSA) is 52.5 Å². The molecule has 0 bridgehead atoms. The lowest BCUT2D eigenvalue weighted by Crippen LogP contribution is -2.33. The van der Waals surface area contributed by atoms with Crippen molar-refractivity contribution in [3.63, 3.8) is 0 Å². The molecule has 0 spiro atoms. The zero-order valence-electron chi connectivity index (χ0n) is 18.0. The molecule has 0 fully saturated rings. The third-order valence-corrected chi connectivity index (χ3v) is 6.10. The molecule has 2 atom stereocenters. The van der Waals surface area contributed by atoms with Crippen LogP contribution in [0.1, 0.15) is 35.4 Å². The van der Waals surface area contributed by atoms with Gasteiger partial charge in [-0.05, 0) is 66.2 Å². The van der Waals surface area contributed by atoms with Crippen molar-refractivity contribution >= 4 is 17.3 Å². The Labute approximate surface area is 191 Å². The van der Waals surface area contributed by atoms with E-state index in [0.717, 1.165) is 40.3 Å². The van der Waals surface area contributed by atoms with E-state index in [1.807, 2.05) is 65.7 Å². The SMILES string of the molecule is COc1ccc(C2=NN3[C@H](C2)c2cc(Cl)ccc2O[C@@H]3c2ccc(OC)c(OC)c2)cc1. The number of methoxy groups -OCH3 is 3. The molecule has 2 heterocycles. The second kappa shape index (κ2) is 8.28. The van der Waals surface area contributed by atoms with Gasteiger partial charge in [0.1, 0.15) is 11.5 Å². The molecule has 0 unspecified atom stereocenters. The number of fused-ring (bicyclic) bond motifs is 3. The minimum Gasteiger partial charge on any atom is -0.497 e. The van der Waals surface area contributed by atoms with Crippen LogP contribution in [0.25, 0.3) is 0 Å². The molecule has 3 aromatic rings. The van der Waals surface area contributed by atoms with Crippen molar-refractivity contribution in [1.29, 1.82) is 0 Å². The highest BCUT2D eigenvalue weighted by atomic mass is 35.5. The fourth-order valence-electron chi connectivity index (χ4n) is 4.24. The number of ether oxygens (including phenoxy) is 4. The first-order chi connectivity index (χ1) is 15.6. The fraction of sp³-hybridized carbons (Fsp3) is 0.240. The van der Waals surface area contributed by atoms with Crippen LogP contribution < -0.4 is 18.9 Å². The molecular weight excluding hydrogens is 428 g/mol. The molecule has 32 heavy (non-hydrogen) atoms. The summed E-state index contributed by atoms with van der Waals surface area (Å²) < 4.78 is 22.6. The maximum absolute atomic E-state index is 6.42. The van der Waals surface area contributed by atoms with Crippen molar-refractivity contribution in [3.8, 4) is 23.0 Å². The fourth-order valence-corrected chi connectivity index (χ4v) is 4.42. The summed E-state index contributed by atoms with van der Waals surface area (Å²) in [5.74, 6) is 2.93. The van der Waals surface area contributed by atoms with Gasteiger partial charge in [-0.2, -0.15) is 5.10 Å². The highest BCUT2D eigenvalue weighted by Crippen LogP contribution is 2.49. The van der Waals surface area contributed by atoms with E-state index in [2.05, 4.69) is 0 Å². The molecule has 0 N–H and O–H groups in total. The zero-order chi connectivity index (χ0) is 22.2. The molecule has 0 saturated heterocycles. The predicted octanol–water partition coefficient (Wildman–Crippen LogP) is 5.61. The number of hydrazone groups is 1. The summed E-state index contributed by atoms with van der Waals surface area (Å²) in [6.45, 7) is 0. The molecule has 7 heteroatoms. The Balaban J connectivity index is 1.58. The summed E-state index contributed by atoms with van der Waals surface area (Å²) in [6.07, 6.45) is 0.330. The Bertz CT molecular complexity index is 1180. The van der Waals surface area contributed by atoms with Gasteiger partial charge in [-0.3, -0.25) is 0 Å². The number of hydrogen-bond acceptors (Lipinski definition) is 6. The Morgan fingerprint density at radius 2 is 1.69 bits per heavy atom. The first-order valence-corrected chi connectivity index (χ1v) is 10.7. The van der Waals surface area contributed by atoms with Gasteiger partial charge in [-0.25, -0.2) is 5.01 Å². The smallest absolute Gasteiger partial charge is 0.214 e. The average molecular weight is 451 g/mol. The lowest BCUT2D eigenvalue weighted by atomic mass is 9.96. The van der Waals surface area contributed by atoms with E-state index >= 15 is 0 Å². The van der Waals surface area contributed by atoms with E-state index in [1.54, 1.807) is 21.3 Å². The Kier molecular flexibility index (Phi) is 5.31. The van der Waals surface area contributed by atoms with Gasteiger partial charge in [0.15, 0.2) is 11.5 Å². The summed E-state index contributed by atoms with van der Waals surface area (Å²) in [5.41, 5.74) is 3.99. The predicted molar refractivity (Wildman–Crippen MR) is 123 cm³/mol. The third-order valence-electron chi connectivity index (χ3n) is 5.87. The molecule has 6 nitrogen and oxygen atoms in total. The molecule has 2 aliphatic heterocycles. The highest BCUT2D eigenvalue weighted by molar-refractivity contribution is 6.30. The van der Waals surface area contributed by atoms with Crippen molar-refractivity contribution in [1.82, 2.24) is 5.01 Å². The van der Waals surface area contributed by atoms with Crippen LogP contribution in [0.2, 0.25) is 5.02 Å². The van der Waals surface area contributed by atoms with E-state index in [1.165, 1.54) is 0 Å². The van der Waals surface area contributed by atoms with E-state index in [0.29, 0.717) is 16.5 Å². The normalized spacial score (nSPS) is 18.9. The maximum atomic E-state index is 6.42. The lowest BCUT2D eigenvalue weighted by molar-refractivity contribution is -0.0191. The van der Waals surface area contributed by atoms with Gasteiger partial charge in [0.2, 0.25) is 6.23 Å². The van der Waals surface area contributed by atoms with E-state index in [-0.39, 0.29) is 6.04 Å². The Hall–Kier alpha value is -3.38. The van der Waals surface area contributed by atoms with Crippen molar-refractivity contribution < 1.29 is 18.9 Å². The molecular formula is C25H23ClN2O4. The third kappa shape index (κ3) is 3.50. The second-order valence-electron chi connectivity index (χ2n) is 7.64. The van der Waals surface area contributed by atoms with Gasteiger partial charge in [-0.1, -0.05) is 11.6 Å². The van der Waals surface area contributed by atoms with E-state index in [4.69, 9.17) is 35.6 Å². The second-order valence-corrected chi connectivity index (χ2v) is 8.08. The van der Waals surface area contributed by atoms with Crippen molar-refractivity contribution in [3.05, 3.63) is 82.4 Å². The summed E-state index contributed by atoms with van der Waals surface area (Å²) in [5, 5.41) is 7.68. The van der Waals surface area contributed by atoms with Gasteiger partial charge in [0, 0.05) is 22.6 Å². The molecule has 0 aliphatic carbocycles. The Morgan fingerprint density at radius 1 is 0.906 bits per heavy atom. The number of nitrogens with zero attached hydrogens (tertiary/aromatic N) is 2. The summed E-state index contributed by atoms with van der Waals surface area (Å²) in [6, 6.07) is 19.5. The quantitative estimate of drug-likeness (QED) is 0.505. The standard InChI is InChI=1S/C25H23ClN2O4/c1-29-18-8-4-15(5-9-18)20-14-21-19-13-17(26)7-11-22(19)32-25(28(21)27-20)16-6-10-23(30-2)24(12-16)31-3/h4-13,21,25H,14H2,1-3H3/t21-,25-/m1/s1. The molecule has 164 valence electrons. The highest BCUT2D eigenvalue weighted by Gasteiger charge is 2.41. The van der Waals surface area contributed by atoms with Gasteiger partial charge in [0.25, 0.3) is 0 Å². The number of benzene rings is 3. The van der Waals surface area contributed by atoms with Crippen LogP contribution in [0.5, 0.6) is 23.0 Å². The van der Waals surface area contributed by atoms with Gasteiger partial charge in [0.05, 0.1) is 33.1 Å². The molecule has 5 rings (SSSR count). The van der Waals surface area contributed by atoms with E-state index < -0.39 is 6.23 Å². The summed E-state index contributed by atoms with van der Waals surface area (Å²) in [4.78, 5) is 0. The summed E-state index contributed by atoms with van der Waals surface area (Å²) >= 11 is 6.32. The van der Waals surface area contributed by atoms with Crippen LogP contribution in [0.3, 0.4) is 0 Å². The van der Waals surface area contributed by atoms with Crippen LogP contribution in [0.15, 0.2) is 65.8 Å². The number of hydrogen-bond donors (Lipinski definition) is 0. The molecule has 0 saturated carbocycles. The molecule has 0 radical (unpaired) electrons. The Morgan fingerprint density at radius 3 is 2.41 bits per heavy atom. The minimum atomic E-state index is -0.413. The van der Waals surface area contributed by atoms with Crippen molar-refractivity contribution in [2.45, 2.75) is 18.7 Å². The van der Waals surface area contributed by atoms with Crippen LogP contribution in [-0.4, -0.2) is 32.0 Å². The van der Waals surface area contributed by atoms with Gasteiger partial charge >= 0.3 is 0 Å². The molecule has 0 amide bonds. The van der Waals surface area contributed by atoms with Gasteiger partial charge < -0.3 is 18.9 Å². The maximum Gasteiger partial charge on any atom is 0.214 e. The largest absolute Gasteiger partial charge is 0.497 e. The summed E-state index contributed by atoms with van der Waals surface area (Å²) in [7, 11) is 4.91. The van der Waals surface area contributed by atoms with Crippen LogP contribution in [0, 0.1) is 0 Å². The molecule has 0 aromatic heterocycles. The zero-order valence-corrected chi connectivity index (χ0v) is 18.8. The van der Waals surface area contributed by atoms with Gasteiger partial charge in [-0.15, -0.1) is 0 Å². The van der Waals surface area contributed by atoms with Crippen molar-refractivity contribution in [2.75, 3.05) is 21.3 Å². The van der Waals surface area contributed by atoms with E-state index in [9.17, 15) is 0 Å². The van der Waals surface area contributed by atoms with Crippen LogP contribution in [-0.2, 0) is 0 Å². The van der Waals surface area contributed by atoms with Crippen LogP contribution >= 0.6 is 11.6 Å².